The molecule has 10 heteroatoms. The standard InChI is InChI=1S/C23H29N5O5/c1-24-20(29)23(21(30)25(2)22(24)31)14-15-16(27-13-7-4-8-18(23)27)9-10-17(28(32)33)19(15)26-11-5-3-6-12-26/h9-10,18H,3-8,11-14H2,1-2H3/t18-/m1/s1. The molecule has 3 saturated heterocycles. The van der Waals surface area contributed by atoms with Crippen LogP contribution in [0.2, 0.25) is 0 Å². The molecule has 1 aromatic carbocycles. The van der Waals surface area contributed by atoms with Gasteiger partial charge in [0.2, 0.25) is 11.8 Å². The van der Waals surface area contributed by atoms with E-state index in [2.05, 4.69) is 9.80 Å². The molecule has 0 N–H and O–H groups in total. The first-order chi connectivity index (χ1) is 15.8. The molecule has 1 aromatic rings. The number of barbiturate groups is 1. The van der Waals surface area contributed by atoms with Crippen LogP contribution in [0.25, 0.3) is 0 Å². The Morgan fingerprint density at radius 3 is 2.21 bits per heavy atom. The smallest absolute Gasteiger partial charge is 0.332 e. The lowest BCUT2D eigenvalue weighted by Crippen LogP contribution is -2.72. The predicted molar refractivity (Wildman–Crippen MR) is 121 cm³/mol. The molecule has 4 aliphatic rings. The first-order valence-electron chi connectivity index (χ1n) is 11.7. The van der Waals surface area contributed by atoms with Gasteiger partial charge in [0.05, 0.1) is 11.0 Å². The second-order valence-corrected chi connectivity index (χ2v) is 9.60. The van der Waals surface area contributed by atoms with Gasteiger partial charge >= 0.3 is 6.03 Å². The SMILES string of the molecule is CN1C(=O)N(C)C(=O)C2(Cc3c(ccc([N+](=O)[O-])c3N3CCCCC3)N3CCCC[C@@H]32)C1=O. The maximum Gasteiger partial charge on any atom is 0.332 e. The Balaban J connectivity index is 1.75. The first-order valence-corrected chi connectivity index (χ1v) is 11.7. The molecular weight excluding hydrogens is 426 g/mol. The molecule has 0 bridgehead atoms. The molecule has 176 valence electrons. The summed E-state index contributed by atoms with van der Waals surface area (Å²) >= 11 is 0. The van der Waals surface area contributed by atoms with Crippen molar-refractivity contribution in [3.05, 3.63) is 27.8 Å². The summed E-state index contributed by atoms with van der Waals surface area (Å²) in [4.78, 5) is 57.9. The third-order valence-corrected chi connectivity index (χ3v) is 7.89. The van der Waals surface area contributed by atoms with E-state index in [0.29, 0.717) is 37.3 Å². The molecule has 10 nitrogen and oxygen atoms in total. The quantitative estimate of drug-likeness (QED) is 0.383. The van der Waals surface area contributed by atoms with Gasteiger partial charge in [0, 0.05) is 57.5 Å². The van der Waals surface area contributed by atoms with Crippen LogP contribution in [0.4, 0.5) is 21.9 Å². The normalized spacial score (nSPS) is 24.8. The van der Waals surface area contributed by atoms with Crippen molar-refractivity contribution in [3.63, 3.8) is 0 Å². The van der Waals surface area contributed by atoms with Crippen molar-refractivity contribution in [1.82, 2.24) is 9.80 Å². The van der Waals surface area contributed by atoms with Crippen molar-refractivity contribution in [2.75, 3.05) is 43.5 Å². The van der Waals surface area contributed by atoms with Gasteiger partial charge in [-0.1, -0.05) is 0 Å². The van der Waals surface area contributed by atoms with Crippen LogP contribution in [0, 0.1) is 15.5 Å². The lowest BCUT2D eigenvalue weighted by molar-refractivity contribution is -0.384. The molecule has 4 heterocycles. The number of benzene rings is 1. The summed E-state index contributed by atoms with van der Waals surface area (Å²) in [6, 6.07) is 2.33. The van der Waals surface area contributed by atoms with E-state index in [9.17, 15) is 24.5 Å². The average molecular weight is 456 g/mol. The van der Waals surface area contributed by atoms with Crippen LogP contribution in [0.3, 0.4) is 0 Å². The van der Waals surface area contributed by atoms with Gasteiger partial charge in [-0.25, -0.2) is 4.79 Å². The van der Waals surface area contributed by atoms with Gasteiger partial charge in [-0.2, -0.15) is 0 Å². The number of carbonyl (C=O) groups is 3. The Hall–Kier alpha value is -3.17. The molecule has 0 unspecified atom stereocenters. The number of anilines is 2. The minimum Gasteiger partial charge on any atom is -0.367 e. The third-order valence-electron chi connectivity index (χ3n) is 7.89. The van der Waals surface area contributed by atoms with Crippen LogP contribution in [0.1, 0.15) is 44.1 Å². The number of fused-ring (bicyclic) bond motifs is 4. The Morgan fingerprint density at radius 1 is 0.939 bits per heavy atom. The number of hydrogen-bond acceptors (Lipinski definition) is 7. The van der Waals surface area contributed by atoms with Crippen LogP contribution in [0.5, 0.6) is 0 Å². The number of amides is 4. The number of nitro benzene ring substituents is 1. The van der Waals surface area contributed by atoms with E-state index in [1.165, 1.54) is 14.1 Å². The molecule has 1 spiro atoms. The molecule has 33 heavy (non-hydrogen) atoms. The molecule has 3 fully saturated rings. The van der Waals surface area contributed by atoms with Crippen LogP contribution in [-0.4, -0.2) is 72.3 Å². The summed E-state index contributed by atoms with van der Waals surface area (Å²) in [6.07, 6.45) is 5.47. The fraction of sp³-hybridized carbons (Fsp3) is 0.609. The van der Waals surface area contributed by atoms with Gasteiger partial charge in [-0.3, -0.25) is 29.5 Å². The highest BCUT2D eigenvalue weighted by Crippen LogP contribution is 2.52. The summed E-state index contributed by atoms with van der Waals surface area (Å²) in [7, 11) is 2.83. The number of rotatable bonds is 2. The molecule has 0 saturated carbocycles. The minimum absolute atomic E-state index is 0.00903. The number of nitrogens with zero attached hydrogens (tertiary/aromatic N) is 5. The van der Waals surface area contributed by atoms with E-state index in [-0.39, 0.29) is 23.1 Å². The van der Waals surface area contributed by atoms with Crippen molar-refractivity contribution in [2.45, 2.75) is 51.0 Å². The lowest BCUT2D eigenvalue weighted by atomic mass is 9.65. The van der Waals surface area contributed by atoms with Crippen LogP contribution in [0.15, 0.2) is 12.1 Å². The number of piperidine rings is 2. The average Bonchev–Trinajstić information content (AvgIpc) is 2.84. The van der Waals surface area contributed by atoms with E-state index in [4.69, 9.17) is 0 Å². The van der Waals surface area contributed by atoms with E-state index in [0.717, 1.165) is 47.6 Å². The number of urea groups is 1. The van der Waals surface area contributed by atoms with Gasteiger partial charge in [-0.05, 0) is 44.6 Å². The van der Waals surface area contributed by atoms with Crippen LogP contribution < -0.4 is 9.80 Å². The third kappa shape index (κ3) is 2.95. The summed E-state index contributed by atoms with van der Waals surface area (Å²) in [5.41, 5.74) is 0.629. The molecule has 0 radical (unpaired) electrons. The Bertz CT molecular complexity index is 1030. The summed E-state index contributed by atoms with van der Waals surface area (Å²) < 4.78 is 0. The van der Waals surface area contributed by atoms with Crippen LogP contribution in [-0.2, 0) is 16.0 Å². The van der Waals surface area contributed by atoms with Gasteiger partial charge in [0.25, 0.3) is 5.69 Å². The van der Waals surface area contributed by atoms with Crippen molar-refractivity contribution < 1.29 is 19.3 Å². The molecule has 4 aliphatic heterocycles. The zero-order chi connectivity index (χ0) is 23.5. The summed E-state index contributed by atoms with van der Waals surface area (Å²) in [5.74, 6) is -1.01. The fourth-order valence-corrected chi connectivity index (χ4v) is 6.33. The topological polar surface area (TPSA) is 107 Å². The van der Waals surface area contributed by atoms with E-state index in [1.54, 1.807) is 12.1 Å². The van der Waals surface area contributed by atoms with Gasteiger partial charge in [-0.15, -0.1) is 0 Å². The van der Waals surface area contributed by atoms with Crippen molar-refractivity contribution in [3.8, 4) is 0 Å². The van der Waals surface area contributed by atoms with E-state index < -0.39 is 23.3 Å². The molecule has 4 amide bonds. The first kappa shape index (κ1) is 21.7. The minimum atomic E-state index is -1.47. The van der Waals surface area contributed by atoms with E-state index in [1.807, 2.05) is 0 Å². The highest BCUT2D eigenvalue weighted by atomic mass is 16.6. The number of nitro groups is 1. The number of imide groups is 2. The van der Waals surface area contributed by atoms with Crippen molar-refractivity contribution >= 4 is 34.9 Å². The number of hydrogen-bond donors (Lipinski definition) is 0. The highest BCUT2D eigenvalue weighted by Gasteiger charge is 2.63. The zero-order valence-electron chi connectivity index (χ0n) is 19.1. The summed E-state index contributed by atoms with van der Waals surface area (Å²) in [6.45, 7) is 2.07. The molecule has 0 aliphatic carbocycles. The van der Waals surface area contributed by atoms with Crippen molar-refractivity contribution in [1.29, 1.82) is 0 Å². The predicted octanol–water partition coefficient (Wildman–Crippen LogP) is 2.54. The molecule has 1 atom stereocenters. The Morgan fingerprint density at radius 2 is 1.58 bits per heavy atom. The van der Waals surface area contributed by atoms with Gasteiger partial charge in [0.15, 0.2) is 5.41 Å². The summed E-state index contributed by atoms with van der Waals surface area (Å²) in [5, 5.41) is 12.0. The van der Waals surface area contributed by atoms with E-state index >= 15 is 0 Å². The Labute approximate surface area is 192 Å². The Kier molecular flexibility index (Phi) is 5.06. The largest absolute Gasteiger partial charge is 0.367 e. The van der Waals surface area contributed by atoms with Crippen LogP contribution >= 0.6 is 0 Å². The maximum atomic E-state index is 13.7. The fourth-order valence-electron chi connectivity index (χ4n) is 6.33. The molecular formula is C23H29N5O5. The molecule has 5 rings (SSSR count). The maximum absolute atomic E-state index is 13.7. The second kappa shape index (κ2) is 7.71. The molecule has 0 aromatic heterocycles. The van der Waals surface area contributed by atoms with Gasteiger partial charge < -0.3 is 9.80 Å². The monoisotopic (exact) mass is 455 g/mol. The number of carbonyl (C=O) groups excluding carboxylic acids is 3. The second-order valence-electron chi connectivity index (χ2n) is 9.60. The van der Waals surface area contributed by atoms with Crippen molar-refractivity contribution in [2.24, 2.45) is 5.41 Å². The van der Waals surface area contributed by atoms with Gasteiger partial charge in [0.1, 0.15) is 5.69 Å². The highest BCUT2D eigenvalue weighted by molar-refractivity contribution is 6.20. The zero-order valence-corrected chi connectivity index (χ0v) is 19.1. The lowest BCUT2D eigenvalue weighted by Gasteiger charge is -2.55.